The summed E-state index contributed by atoms with van der Waals surface area (Å²) in [5.41, 5.74) is 8.95. The van der Waals surface area contributed by atoms with Gasteiger partial charge >= 0.3 is 0 Å². The van der Waals surface area contributed by atoms with Crippen LogP contribution >= 0.6 is 23.4 Å². The van der Waals surface area contributed by atoms with E-state index < -0.39 is 6.29 Å². The molecule has 0 bridgehead atoms. The Kier molecular flexibility index (Phi) is 6.83. The maximum Gasteiger partial charge on any atom is 0.224 e. The number of amides is 1. The summed E-state index contributed by atoms with van der Waals surface area (Å²) in [5, 5.41) is 9.76. The molecule has 1 saturated heterocycles. The fourth-order valence-corrected chi connectivity index (χ4v) is 3.87. The summed E-state index contributed by atoms with van der Waals surface area (Å²) in [5.74, 6) is 0.918. The lowest BCUT2D eigenvalue weighted by Crippen LogP contribution is -2.57. The van der Waals surface area contributed by atoms with Crippen LogP contribution in [0.2, 0.25) is 5.02 Å². The molecule has 0 aliphatic carbocycles. The molecule has 2 aromatic carbocycles. The summed E-state index contributed by atoms with van der Waals surface area (Å²) >= 11 is 7.84. The summed E-state index contributed by atoms with van der Waals surface area (Å²) in [6.45, 7) is 3.99. The molecule has 28 heavy (non-hydrogen) atoms. The van der Waals surface area contributed by atoms with Crippen LogP contribution in [0.3, 0.4) is 0 Å². The smallest absolute Gasteiger partial charge is 0.224 e. The Hall–Kier alpha value is -2.22. The highest BCUT2D eigenvalue weighted by Crippen LogP contribution is 2.21. The Morgan fingerprint density at radius 3 is 2.75 bits per heavy atom. The summed E-state index contributed by atoms with van der Waals surface area (Å²) < 4.78 is 0. The molecular weight excluding hydrogens is 394 g/mol. The molecule has 2 atom stereocenters. The number of halogens is 1. The van der Waals surface area contributed by atoms with Crippen LogP contribution < -0.4 is 21.7 Å². The molecule has 1 amide bonds. The van der Waals surface area contributed by atoms with E-state index >= 15 is 0 Å². The minimum atomic E-state index is -0.571. The standard InChI is InChI=1S/C20H24ClN5OS/c1-12-3-7-16(8-4-12)28-11-15-10-18(27)25-20(24-15)26-19(22)23-14-6-5-13(2)17(21)9-14/h3-9,15,20,24H,10-11H2,1-2H3,(H,25,27)(H3,22,23,26). The highest BCUT2D eigenvalue weighted by molar-refractivity contribution is 7.99. The Labute approximate surface area is 174 Å². The van der Waals surface area contributed by atoms with Crippen molar-refractivity contribution >= 4 is 40.9 Å². The van der Waals surface area contributed by atoms with Gasteiger partial charge in [-0.3, -0.25) is 10.1 Å². The molecule has 1 aliphatic rings. The van der Waals surface area contributed by atoms with E-state index in [1.165, 1.54) is 10.5 Å². The third-order valence-electron chi connectivity index (χ3n) is 4.31. The lowest BCUT2D eigenvalue weighted by molar-refractivity contribution is -0.124. The van der Waals surface area contributed by atoms with E-state index in [4.69, 9.17) is 17.3 Å². The number of nitrogens with one attached hydrogen (secondary N) is 3. The average Bonchev–Trinajstić information content (AvgIpc) is 2.64. The number of rotatable bonds is 5. The van der Waals surface area contributed by atoms with Crippen molar-refractivity contribution in [3.8, 4) is 0 Å². The van der Waals surface area contributed by atoms with E-state index in [-0.39, 0.29) is 17.9 Å². The Morgan fingerprint density at radius 1 is 1.29 bits per heavy atom. The summed E-state index contributed by atoms with van der Waals surface area (Å²) in [4.78, 5) is 17.6. The fraction of sp³-hybridized carbons (Fsp3) is 0.300. The zero-order valence-corrected chi connectivity index (χ0v) is 17.4. The van der Waals surface area contributed by atoms with Gasteiger partial charge in [0.05, 0.1) is 0 Å². The van der Waals surface area contributed by atoms with Crippen LogP contribution in [0.15, 0.2) is 52.4 Å². The van der Waals surface area contributed by atoms with Gasteiger partial charge in [-0.15, -0.1) is 11.8 Å². The second-order valence-corrected chi connectivity index (χ2v) is 8.27. The Balaban J connectivity index is 1.58. The molecule has 5 N–H and O–H groups in total. The Bertz CT molecular complexity index is 871. The van der Waals surface area contributed by atoms with Gasteiger partial charge in [-0.1, -0.05) is 35.4 Å². The minimum absolute atomic E-state index is 0.00965. The number of guanidine groups is 1. The minimum Gasteiger partial charge on any atom is -0.370 e. The van der Waals surface area contributed by atoms with Gasteiger partial charge in [-0.05, 0) is 43.7 Å². The number of aliphatic imine (C=N–C) groups is 1. The molecule has 0 aromatic heterocycles. The second kappa shape index (κ2) is 9.32. The third kappa shape index (κ3) is 5.89. The number of carbonyl (C=O) groups is 1. The topological polar surface area (TPSA) is 91.5 Å². The first-order valence-corrected chi connectivity index (χ1v) is 10.4. The molecular formula is C20H24ClN5OS. The molecule has 148 valence electrons. The normalized spacial score (nSPS) is 20.0. The van der Waals surface area contributed by atoms with Crippen molar-refractivity contribution in [1.82, 2.24) is 10.6 Å². The highest BCUT2D eigenvalue weighted by Gasteiger charge is 2.25. The van der Waals surface area contributed by atoms with Crippen molar-refractivity contribution in [3.05, 3.63) is 58.6 Å². The van der Waals surface area contributed by atoms with E-state index in [9.17, 15) is 4.79 Å². The van der Waals surface area contributed by atoms with Crippen molar-refractivity contribution in [3.63, 3.8) is 0 Å². The highest BCUT2D eigenvalue weighted by atomic mass is 35.5. The average molecular weight is 418 g/mol. The van der Waals surface area contributed by atoms with Crippen molar-refractivity contribution < 1.29 is 4.79 Å². The zero-order valence-electron chi connectivity index (χ0n) is 15.8. The maximum absolute atomic E-state index is 12.1. The van der Waals surface area contributed by atoms with Crippen molar-refractivity contribution in [1.29, 1.82) is 0 Å². The number of anilines is 1. The molecule has 0 saturated carbocycles. The van der Waals surface area contributed by atoms with Crippen LogP contribution in [0.25, 0.3) is 0 Å². The van der Waals surface area contributed by atoms with Crippen molar-refractivity contribution in [2.24, 2.45) is 10.7 Å². The second-order valence-electron chi connectivity index (χ2n) is 6.77. The molecule has 1 fully saturated rings. The quantitative estimate of drug-likeness (QED) is 0.340. The zero-order chi connectivity index (χ0) is 20.1. The molecule has 6 nitrogen and oxygen atoms in total. The number of thioether (sulfide) groups is 1. The largest absolute Gasteiger partial charge is 0.370 e. The number of aryl methyl sites for hydroxylation is 2. The number of nitrogens with zero attached hydrogens (tertiary/aromatic N) is 1. The lowest BCUT2D eigenvalue weighted by atomic mass is 10.2. The van der Waals surface area contributed by atoms with Gasteiger partial charge in [-0.25, -0.2) is 4.99 Å². The number of hydrogen-bond acceptors (Lipinski definition) is 4. The van der Waals surface area contributed by atoms with Crippen LogP contribution in [0.4, 0.5) is 5.69 Å². The lowest BCUT2D eigenvalue weighted by Gasteiger charge is -2.29. The Morgan fingerprint density at radius 2 is 2.04 bits per heavy atom. The van der Waals surface area contributed by atoms with E-state index in [1.54, 1.807) is 17.8 Å². The molecule has 3 rings (SSSR count). The first-order valence-electron chi connectivity index (χ1n) is 9.00. The van der Waals surface area contributed by atoms with Crippen molar-refractivity contribution in [2.75, 3.05) is 11.1 Å². The van der Waals surface area contributed by atoms with Gasteiger partial charge < -0.3 is 16.4 Å². The first kappa shape index (κ1) is 20.5. The predicted octanol–water partition coefficient (Wildman–Crippen LogP) is 3.24. The van der Waals surface area contributed by atoms with E-state index in [0.29, 0.717) is 11.4 Å². The molecule has 2 unspecified atom stereocenters. The number of carbonyl (C=O) groups excluding carboxylic acids is 1. The van der Waals surface area contributed by atoms with E-state index in [2.05, 4.69) is 52.1 Å². The van der Waals surface area contributed by atoms with Crippen LogP contribution in [0.5, 0.6) is 0 Å². The van der Waals surface area contributed by atoms with Crippen LogP contribution in [-0.4, -0.2) is 30.0 Å². The summed E-state index contributed by atoms with van der Waals surface area (Å²) in [7, 11) is 0. The predicted molar refractivity (Wildman–Crippen MR) is 117 cm³/mol. The molecule has 0 spiro atoms. The molecule has 2 aromatic rings. The van der Waals surface area contributed by atoms with Crippen LogP contribution in [-0.2, 0) is 4.79 Å². The number of benzene rings is 2. The molecule has 0 radical (unpaired) electrons. The van der Waals surface area contributed by atoms with Gasteiger partial charge in [0.25, 0.3) is 0 Å². The van der Waals surface area contributed by atoms with Gasteiger partial charge in [0.1, 0.15) is 0 Å². The van der Waals surface area contributed by atoms with Gasteiger partial charge in [0.2, 0.25) is 5.91 Å². The van der Waals surface area contributed by atoms with E-state index in [0.717, 1.165) is 17.0 Å². The number of hydrogen-bond donors (Lipinski definition) is 4. The fourth-order valence-electron chi connectivity index (χ4n) is 2.76. The van der Waals surface area contributed by atoms with Crippen LogP contribution in [0, 0.1) is 13.8 Å². The third-order valence-corrected chi connectivity index (χ3v) is 5.89. The van der Waals surface area contributed by atoms with Crippen molar-refractivity contribution in [2.45, 2.75) is 37.5 Å². The molecule has 1 aliphatic heterocycles. The first-order chi connectivity index (χ1) is 13.4. The summed E-state index contributed by atoms with van der Waals surface area (Å²) in [6.07, 6.45) is -0.163. The van der Waals surface area contributed by atoms with Gasteiger partial charge in [0, 0.05) is 33.8 Å². The monoisotopic (exact) mass is 417 g/mol. The summed E-state index contributed by atoms with van der Waals surface area (Å²) in [6, 6.07) is 13.9. The molecule has 8 heteroatoms. The van der Waals surface area contributed by atoms with Crippen LogP contribution in [0.1, 0.15) is 17.5 Å². The van der Waals surface area contributed by atoms with E-state index in [1.807, 2.05) is 19.1 Å². The SMILES string of the molecule is Cc1ccc(SCC2CC(=O)NC(/N=C(\N)Nc3ccc(C)c(Cl)c3)N2)cc1. The van der Waals surface area contributed by atoms with Gasteiger partial charge in [0.15, 0.2) is 12.2 Å². The van der Waals surface area contributed by atoms with Gasteiger partial charge in [-0.2, -0.15) is 0 Å². The number of nitrogens with two attached hydrogens (primary N) is 1. The maximum atomic E-state index is 12.1. The molecule has 1 heterocycles.